The quantitative estimate of drug-likeness (QED) is 0.697. The molecule has 0 amide bonds. The molecule has 0 spiro atoms. The zero-order valence-electron chi connectivity index (χ0n) is 8.20. The summed E-state index contributed by atoms with van der Waals surface area (Å²) in [6, 6.07) is 0.455. The standard InChI is InChI=1S/C9H16N4/c1-7-3-4-8(10-5-7)9-6-11-12-13(9)2/h6-8,10H,3-5H2,1-2H3. The fourth-order valence-electron chi connectivity index (χ4n) is 1.86. The molecule has 1 aromatic rings. The largest absolute Gasteiger partial charge is 0.308 e. The first-order valence-corrected chi connectivity index (χ1v) is 4.85. The molecule has 2 unspecified atom stereocenters. The Kier molecular flexibility index (Phi) is 2.31. The van der Waals surface area contributed by atoms with E-state index in [2.05, 4.69) is 22.6 Å². The molecule has 1 aliphatic heterocycles. The van der Waals surface area contributed by atoms with E-state index in [-0.39, 0.29) is 0 Å². The van der Waals surface area contributed by atoms with Crippen molar-refractivity contribution in [1.82, 2.24) is 20.3 Å². The Morgan fingerprint density at radius 1 is 1.54 bits per heavy atom. The number of piperidine rings is 1. The van der Waals surface area contributed by atoms with Crippen LogP contribution in [0.25, 0.3) is 0 Å². The zero-order valence-corrected chi connectivity index (χ0v) is 8.20. The highest BCUT2D eigenvalue weighted by atomic mass is 15.4. The van der Waals surface area contributed by atoms with E-state index in [0.717, 1.165) is 12.5 Å². The maximum Gasteiger partial charge on any atom is 0.0753 e. The van der Waals surface area contributed by atoms with Gasteiger partial charge in [-0.3, -0.25) is 4.68 Å². The number of aryl methyl sites for hydroxylation is 1. The van der Waals surface area contributed by atoms with E-state index in [4.69, 9.17) is 0 Å². The monoisotopic (exact) mass is 180 g/mol. The van der Waals surface area contributed by atoms with Gasteiger partial charge in [-0.1, -0.05) is 12.1 Å². The summed E-state index contributed by atoms with van der Waals surface area (Å²) in [5.41, 5.74) is 1.20. The number of nitrogens with zero attached hydrogens (tertiary/aromatic N) is 3. The number of rotatable bonds is 1. The van der Waals surface area contributed by atoms with Crippen molar-refractivity contribution in [3.63, 3.8) is 0 Å². The van der Waals surface area contributed by atoms with Crippen molar-refractivity contribution in [2.45, 2.75) is 25.8 Å². The van der Waals surface area contributed by atoms with Crippen LogP contribution in [-0.2, 0) is 7.05 Å². The second-order valence-corrected chi connectivity index (χ2v) is 3.93. The molecule has 1 aromatic heterocycles. The predicted octanol–water partition coefficient (Wildman–Crippen LogP) is 0.876. The van der Waals surface area contributed by atoms with Gasteiger partial charge in [0.15, 0.2) is 0 Å². The first-order chi connectivity index (χ1) is 6.27. The van der Waals surface area contributed by atoms with Gasteiger partial charge in [-0.15, -0.1) is 5.10 Å². The number of aromatic nitrogens is 3. The summed E-state index contributed by atoms with van der Waals surface area (Å²) < 4.78 is 1.85. The fourth-order valence-corrected chi connectivity index (χ4v) is 1.86. The summed E-state index contributed by atoms with van der Waals surface area (Å²) in [5.74, 6) is 0.803. The summed E-state index contributed by atoms with van der Waals surface area (Å²) >= 11 is 0. The van der Waals surface area contributed by atoms with Gasteiger partial charge in [-0.25, -0.2) is 0 Å². The molecule has 0 bridgehead atoms. The van der Waals surface area contributed by atoms with Gasteiger partial charge in [-0.2, -0.15) is 0 Å². The molecule has 1 fully saturated rings. The lowest BCUT2D eigenvalue weighted by Gasteiger charge is -2.27. The molecule has 0 saturated carbocycles. The van der Waals surface area contributed by atoms with Crippen LogP contribution in [0.3, 0.4) is 0 Å². The lowest BCUT2D eigenvalue weighted by Crippen LogP contribution is -2.32. The Balaban J connectivity index is 2.06. The molecule has 4 heteroatoms. The number of nitrogens with one attached hydrogen (secondary N) is 1. The molecule has 13 heavy (non-hydrogen) atoms. The van der Waals surface area contributed by atoms with Gasteiger partial charge in [0.1, 0.15) is 0 Å². The minimum Gasteiger partial charge on any atom is -0.308 e. The maximum absolute atomic E-state index is 3.94. The van der Waals surface area contributed by atoms with Gasteiger partial charge in [0, 0.05) is 7.05 Å². The molecule has 1 N–H and O–H groups in total. The minimum absolute atomic E-state index is 0.455. The van der Waals surface area contributed by atoms with Crippen LogP contribution in [0.5, 0.6) is 0 Å². The number of hydrogen-bond donors (Lipinski definition) is 1. The van der Waals surface area contributed by atoms with Crippen molar-refractivity contribution < 1.29 is 0 Å². The van der Waals surface area contributed by atoms with Crippen LogP contribution < -0.4 is 5.32 Å². The van der Waals surface area contributed by atoms with E-state index in [0.29, 0.717) is 6.04 Å². The van der Waals surface area contributed by atoms with Crippen molar-refractivity contribution in [3.8, 4) is 0 Å². The van der Waals surface area contributed by atoms with E-state index in [1.54, 1.807) is 0 Å². The third kappa shape index (κ3) is 1.72. The molecular formula is C9H16N4. The molecule has 0 aliphatic carbocycles. The molecular weight excluding hydrogens is 164 g/mol. The van der Waals surface area contributed by atoms with Crippen LogP contribution in [0.2, 0.25) is 0 Å². The van der Waals surface area contributed by atoms with Gasteiger partial charge < -0.3 is 5.32 Å². The Morgan fingerprint density at radius 3 is 2.92 bits per heavy atom. The Hall–Kier alpha value is -0.900. The van der Waals surface area contributed by atoms with Crippen molar-refractivity contribution >= 4 is 0 Å². The normalized spacial score (nSPS) is 29.1. The molecule has 0 aromatic carbocycles. The van der Waals surface area contributed by atoms with Crippen LogP contribution in [0.15, 0.2) is 6.20 Å². The Morgan fingerprint density at radius 2 is 2.38 bits per heavy atom. The topological polar surface area (TPSA) is 42.7 Å². The minimum atomic E-state index is 0.455. The maximum atomic E-state index is 3.94. The highest BCUT2D eigenvalue weighted by molar-refractivity contribution is 5.02. The van der Waals surface area contributed by atoms with Crippen LogP contribution in [-0.4, -0.2) is 21.5 Å². The Labute approximate surface area is 78.3 Å². The van der Waals surface area contributed by atoms with Crippen LogP contribution >= 0.6 is 0 Å². The summed E-state index contributed by atoms with van der Waals surface area (Å²) in [4.78, 5) is 0. The molecule has 2 atom stereocenters. The molecule has 72 valence electrons. The summed E-state index contributed by atoms with van der Waals surface area (Å²) in [6.45, 7) is 3.39. The first kappa shape index (κ1) is 8.69. The molecule has 2 heterocycles. The summed E-state index contributed by atoms with van der Waals surface area (Å²) in [7, 11) is 1.95. The van der Waals surface area contributed by atoms with Gasteiger partial charge in [-0.05, 0) is 25.3 Å². The second kappa shape index (κ2) is 3.46. The van der Waals surface area contributed by atoms with Crippen molar-refractivity contribution in [3.05, 3.63) is 11.9 Å². The smallest absolute Gasteiger partial charge is 0.0753 e. The summed E-state index contributed by atoms with van der Waals surface area (Å²) in [6.07, 6.45) is 4.35. The second-order valence-electron chi connectivity index (χ2n) is 3.93. The highest BCUT2D eigenvalue weighted by Gasteiger charge is 2.21. The lowest BCUT2D eigenvalue weighted by molar-refractivity contribution is 0.322. The fraction of sp³-hybridized carbons (Fsp3) is 0.778. The molecule has 4 nitrogen and oxygen atoms in total. The average molecular weight is 180 g/mol. The van der Waals surface area contributed by atoms with Crippen LogP contribution in [0.4, 0.5) is 0 Å². The van der Waals surface area contributed by atoms with E-state index in [9.17, 15) is 0 Å². The van der Waals surface area contributed by atoms with Crippen LogP contribution in [0, 0.1) is 5.92 Å². The van der Waals surface area contributed by atoms with Gasteiger partial charge in [0.2, 0.25) is 0 Å². The molecule has 1 saturated heterocycles. The summed E-state index contributed by atoms with van der Waals surface area (Å²) in [5, 5.41) is 11.3. The predicted molar refractivity (Wildman–Crippen MR) is 50.1 cm³/mol. The molecule has 2 rings (SSSR count). The molecule has 1 aliphatic rings. The Bertz CT molecular complexity index is 273. The lowest BCUT2D eigenvalue weighted by atomic mass is 9.95. The van der Waals surface area contributed by atoms with Crippen molar-refractivity contribution in [1.29, 1.82) is 0 Å². The molecule has 0 radical (unpaired) electrons. The van der Waals surface area contributed by atoms with E-state index >= 15 is 0 Å². The van der Waals surface area contributed by atoms with E-state index in [1.807, 2.05) is 17.9 Å². The number of hydrogen-bond acceptors (Lipinski definition) is 3. The van der Waals surface area contributed by atoms with Gasteiger partial charge >= 0.3 is 0 Å². The SMILES string of the molecule is CC1CCC(c2cnnn2C)NC1. The van der Waals surface area contributed by atoms with Crippen LogP contribution in [0.1, 0.15) is 31.5 Å². The van der Waals surface area contributed by atoms with Gasteiger partial charge in [0.05, 0.1) is 17.9 Å². The van der Waals surface area contributed by atoms with Crippen molar-refractivity contribution in [2.75, 3.05) is 6.54 Å². The zero-order chi connectivity index (χ0) is 9.26. The van der Waals surface area contributed by atoms with Gasteiger partial charge in [0.25, 0.3) is 0 Å². The van der Waals surface area contributed by atoms with E-state index in [1.165, 1.54) is 18.5 Å². The third-order valence-electron chi connectivity index (χ3n) is 2.77. The average Bonchev–Trinajstić information content (AvgIpc) is 2.53. The first-order valence-electron chi connectivity index (χ1n) is 4.85. The van der Waals surface area contributed by atoms with Crippen molar-refractivity contribution in [2.24, 2.45) is 13.0 Å². The van der Waals surface area contributed by atoms with E-state index < -0.39 is 0 Å². The third-order valence-corrected chi connectivity index (χ3v) is 2.77. The highest BCUT2D eigenvalue weighted by Crippen LogP contribution is 2.24.